The van der Waals surface area contributed by atoms with E-state index in [1.165, 1.54) is 0 Å². The Morgan fingerprint density at radius 1 is 0.727 bits per heavy atom. The third kappa shape index (κ3) is 4.93. The van der Waals surface area contributed by atoms with E-state index in [1.807, 2.05) is 66.7 Å². The number of para-hydroxylation sites is 2. The van der Waals surface area contributed by atoms with E-state index < -0.39 is 0 Å². The lowest BCUT2D eigenvalue weighted by Crippen LogP contribution is -2.20. The second-order valence-corrected chi connectivity index (χ2v) is 7.96. The summed E-state index contributed by atoms with van der Waals surface area (Å²) in [4.78, 5) is 25.5. The summed E-state index contributed by atoms with van der Waals surface area (Å²) in [5.74, 6) is 0.168. The largest absolute Gasteiger partial charge is 0.323 e. The number of carbonyl (C=O) groups is 2. The minimum atomic E-state index is -0.360. The first-order valence-corrected chi connectivity index (χ1v) is 10.9. The normalized spacial score (nSPS) is 12.7. The second-order valence-electron chi connectivity index (χ2n) is 7.96. The van der Waals surface area contributed by atoms with Crippen molar-refractivity contribution in [3.8, 4) is 5.69 Å². The number of nitrogens with one attached hydrogen (secondary N) is 3. The molecule has 3 N–H and O–H groups in total. The SMILES string of the molecule is O=C(Nc1ccccc1)Nc1cccc(NC(=O)c2cc(C3CC3)nn2-c2ccccc2)c1. The van der Waals surface area contributed by atoms with Gasteiger partial charge in [0.15, 0.2) is 0 Å². The molecule has 1 aliphatic carbocycles. The van der Waals surface area contributed by atoms with Gasteiger partial charge in [-0.2, -0.15) is 5.10 Å². The number of nitrogens with zero attached hydrogens (tertiary/aromatic N) is 2. The highest BCUT2D eigenvalue weighted by Crippen LogP contribution is 2.39. The Morgan fingerprint density at radius 2 is 1.33 bits per heavy atom. The second kappa shape index (κ2) is 9.00. The maximum absolute atomic E-state index is 13.2. The van der Waals surface area contributed by atoms with Gasteiger partial charge in [0.1, 0.15) is 5.69 Å². The highest BCUT2D eigenvalue weighted by Gasteiger charge is 2.29. The van der Waals surface area contributed by atoms with Crippen LogP contribution < -0.4 is 16.0 Å². The highest BCUT2D eigenvalue weighted by molar-refractivity contribution is 6.04. The van der Waals surface area contributed by atoms with E-state index in [1.54, 1.807) is 28.9 Å². The molecule has 5 rings (SSSR count). The van der Waals surface area contributed by atoms with Crippen molar-refractivity contribution in [2.75, 3.05) is 16.0 Å². The number of hydrogen-bond donors (Lipinski definition) is 3. The fourth-order valence-electron chi connectivity index (χ4n) is 3.59. The molecule has 7 heteroatoms. The number of anilines is 3. The minimum Gasteiger partial charge on any atom is -0.321 e. The Hall–Kier alpha value is -4.39. The van der Waals surface area contributed by atoms with Crippen LogP contribution in [0.4, 0.5) is 21.9 Å². The lowest BCUT2D eigenvalue weighted by atomic mass is 10.2. The van der Waals surface area contributed by atoms with Crippen LogP contribution in [0.25, 0.3) is 5.69 Å². The van der Waals surface area contributed by atoms with Crippen molar-refractivity contribution in [3.63, 3.8) is 0 Å². The van der Waals surface area contributed by atoms with E-state index in [4.69, 9.17) is 5.10 Å². The molecule has 0 radical (unpaired) electrons. The van der Waals surface area contributed by atoms with Crippen molar-refractivity contribution in [1.29, 1.82) is 0 Å². The number of amides is 3. The number of carbonyl (C=O) groups excluding carboxylic acids is 2. The molecule has 1 aromatic heterocycles. The van der Waals surface area contributed by atoms with Crippen LogP contribution in [0.3, 0.4) is 0 Å². The Morgan fingerprint density at radius 3 is 2.03 bits per heavy atom. The molecule has 33 heavy (non-hydrogen) atoms. The summed E-state index contributed by atoms with van der Waals surface area (Å²) in [7, 11) is 0. The number of benzene rings is 3. The summed E-state index contributed by atoms with van der Waals surface area (Å²) in [6.07, 6.45) is 2.21. The molecular weight excluding hydrogens is 414 g/mol. The van der Waals surface area contributed by atoms with Crippen molar-refractivity contribution in [2.24, 2.45) is 0 Å². The molecule has 0 atom stereocenters. The van der Waals surface area contributed by atoms with Crippen molar-refractivity contribution < 1.29 is 9.59 Å². The van der Waals surface area contributed by atoms with Crippen molar-refractivity contribution in [3.05, 3.63) is 102 Å². The zero-order chi connectivity index (χ0) is 22.6. The lowest BCUT2D eigenvalue weighted by molar-refractivity contribution is 0.101. The van der Waals surface area contributed by atoms with E-state index in [2.05, 4.69) is 16.0 Å². The van der Waals surface area contributed by atoms with Crippen LogP contribution in [0.2, 0.25) is 0 Å². The molecule has 1 fully saturated rings. The Balaban J connectivity index is 1.32. The Kier molecular flexibility index (Phi) is 5.59. The molecule has 1 heterocycles. The van der Waals surface area contributed by atoms with E-state index in [0.717, 1.165) is 24.2 Å². The summed E-state index contributed by atoms with van der Waals surface area (Å²) in [5.41, 5.74) is 4.09. The average molecular weight is 438 g/mol. The number of rotatable bonds is 6. The zero-order valence-electron chi connectivity index (χ0n) is 17.9. The van der Waals surface area contributed by atoms with Crippen LogP contribution in [-0.4, -0.2) is 21.7 Å². The average Bonchev–Trinajstić information content (AvgIpc) is 3.58. The predicted molar refractivity (Wildman–Crippen MR) is 129 cm³/mol. The molecule has 3 aromatic carbocycles. The Bertz CT molecular complexity index is 1280. The van der Waals surface area contributed by atoms with Gasteiger partial charge in [-0.05, 0) is 61.4 Å². The fraction of sp³-hybridized carbons (Fsp3) is 0.115. The highest BCUT2D eigenvalue weighted by atomic mass is 16.2. The monoisotopic (exact) mass is 437 g/mol. The quantitative estimate of drug-likeness (QED) is 0.364. The van der Waals surface area contributed by atoms with Crippen molar-refractivity contribution >= 4 is 29.0 Å². The topological polar surface area (TPSA) is 88.1 Å². The predicted octanol–water partition coefficient (Wildman–Crippen LogP) is 5.65. The van der Waals surface area contributed by atoms with Gasteiger partial charge in [-0.25, -0.2) is 9.48 Å². The molecule has 0 aliphatic heterocycles. The summed E-state index contributed by atoms with van der Waals surface area (Å²) in [6, 6.07) is 27.4. The van der Waals surface area contributed by atoms with Crippen LogP contribution in [0.1, 0.15) is 34.9 Å². The molecular formula is C26H23N5O2. The fourth-order valence-corrected chi connectivity index (χ4v) is 3.59. The summed E-state index contributed by atoms with van der Waals surface area (Å²) in [5, 5.41) is 13.2. The smallest absolute Gasteiger partial charge is 0.321 e. The van der Waals surface area contributed by atoms with Gasteiger partial charge < -0.3 is 16.0 Å². The molecule has 0 unspecified atom stereocenters. The van der Waals surface area contributed by atoms with Gasteiger partial charge >= 0.3 is 6.03 Å². The molecule has 7 nitrogen and oxygen atoms in total. The third-order valence-corrected chi connectivity index (χ3v) is 5.37. The van der Waals surface area contributed by atoms with Gasteiger partial charge in [-0.3, -0.25) is 4.79 Å². The number of hydrogen-bond acceptors (Lipinski definition) is 3. The zero-order valence-corrected chi connectivity index (χ0v) is 17.9. The number of urea groups is 1. The van der Waals surface area contributed by atoms with Gasteiger partial charge in [0, 0.05) is 23.0 Å². The standard InChI is InChI=1S/C26H23N5O2/c32-25(24-17-23(18-14-15-18)30-31(24)22-12-5-2-6-13-22)27-20-10-7-11-21(16-20)29-26(33)28-19-8-3-1-4-9-19/h1-13,16-18H,14-15H2,(H,27,32)(H2,28,29,33). The first-order chi connectivity index (χ1) is 16.2. The van der Waals surface area contributed by atoms with E-state index in [0.29, 0.717) is 28.7 Å². The first-order valence-electron chi connectivity index (χ1n) is 10.9. The summed E-state index contributed by atoms with van der Waals surface area (Å²) < 4.78 is 1.69. The molecule has 0 spiro atoms. The third-order valence-electron chi connectivity index (χ3n) is 5.37. The number of aromatic nitrogens is 2. The van der Waals surface area contributed by atoms with E-state index in [9.17, 15) is 9.59 Å². The first kappa shape index (κ1) is 20.5. The van der Waals surface area contributed by atoms with Gasteiger partial charge in [0.25, 0.3) is 5.91 Å². The van der Waals surface area contributed by atoms with Crippen LogP contribution in [0.15, 0.2) is 91.0 Å². The van der Waals surface area contributed by atoms with Crippen molar-refractivity contribution in [1.82, 2.24) is 9.78 Å². The van der Waals surface area contributed by atoms with Gasteiger partial charge in [-0.1, -0.05) is 42.5 Å². The maximum Gasteiger partial charge on any atom is 0.323 e. The van der Waals surface area contributed by atoms with E-state index in [-0.39, 0.29) is 11.9 Å². The van der Waals surface area contributed by atoms with E-state index >= 15 is 0 Å². The van der Waals surface area contributed by atoms with Crippen LogP contribution >= 0.6 is 0 Å². The summed E-state index contributed by atoms with van der Waals surface area (Å²) in [6.45, 7) is 0. The van der Waals surface area contributed by atoms with Crippen LogP contribution in [0, 0.1) is 0 Å². The minimum absolute atomic E-state index is 0.260. The van der Waals surface area contributed by atoms with Gasteiger partial charge in [0.2, 0.25) is 0 Å². The summed E-state index contributed by atoms with van der Waals surface area (Å²) >= 11 is 0. The Labute approximate surface area is 191 Å². The molecule has 164 valence electrons. The lowest BCUT2D eigenvalue weighted by Gasteiger charge is -2.11. The molecule has 3 amide bonds. The molecule has 0 bridgehead atoms. The van der Waals surface area contributed by atoms with Crippen molar-refractivity contribution in [2.45, 2.75) is 18.8 Å². The molecule has 1 aliphatic rings. The molecule has 4 aromatic rings. The van der Waals surface area contributed by atoms with Crippen LogP contribution in [0.5, 0.6) is 0 Å². The molecule has 1 saturated carbocycles. The van der Waals surface area contributed by atoms with Crippen LogP contribution in [-0.2, 0) is 0 Å². The van der Waals surface area contributed by atoms with Gasteiger partial charge in [0.05, 0.1) is 11.4 Å². The van der Waals surface area contributed by atoms with Gasteiger partial charge in [-0.15, -0.1) is 0 Å². The molecule has 0 saturated heterocycles. The maximum atomic E-state index is 13.2.